The highest BCUT2D eigenvalue weighted by molar-refractivity contribution is 5.52. The van der Waals surface area contributed by atoms with E-state index < -0.39 is 0 Å². The molecule has 4 heteroatoms. The van der Waals surface area contributed by atoms with Gasteiger partial charge in [0.2, 0.25) is 0 Å². The molecule has 0 saturated carbocycles. The first kappa shape index (κ1) is 13.0. The van der Waals surface area contributed by atoms with Crippen LogP contribution in [0.4, 0.5) is 10.2 Å². The van der Waals surface area contributed by atoms with Gasteiger partial charge in [0, 0.05) is 12.2 Å². The van der Waals surface area contributed by atoms with Crippen molar-refractivity contribution in [2.24, 2.45) is 0 Å². The van der Waals surface area contributed by atoms with Gasteiger partial charge in [-0.3, -0.25) is 0 Å². The summed E-state index contributed by atoms with van der Waals surface area (Å²) >= 11 is 0. The number of aromatic nitrogens is 1. The van der Waals surface area contributed by atoms with E-state index in [4.69, 9.17) is 5.26 Å². The third-order valence-electron chi connectivity index (χ3n) is 2.75. The van der Waals surface area contributed by atoms with E-state index in [1.165, 1.54) is 12.1 Å². The zero-order valence-corrected chi connectivity index (χ0v) is 10.7. The summed E-state index contributed by atoms with van der Waals surface area (Å²) in [6.07, 6.45) is 0.679. The number of benzene rings is 1. The first-order valence-corrected chi connectivity index (χ1v) is 6.05. The van der Waals surface area contributed by atoms with Gasteiger partial charge in [0.25, 0.3) is 0 Å². The molecule has 0 spiro atoms. The van der Waals surface area contributed by atoms with Crippen LogP contribution in [-0.4, -0.2) is 11.5 Å². The van der Waals surface area contributed by atoms with Crippen molar-refractivity contribution in [3.63, 3.8) is 0 Å². The molecule has 2 rings (SSSR count). The largest absolute Gasteiger partial charge is 0.369 e. The highest BCUT2D eigenvalue weighted by Crippen LogP contribution is 2.12. The molecule has 0 unspecified atom stereocenters. The molecule has 0 amide bonds. The van der Waals surface area contributed by atoms with Gasteiger partial charge in [0.15, 0.2) is 0 Å². The number of nitrogens with zero attached hydrogens (tertiary/aromatic N) is 2. The second-order valence-electron chi connectivity index (χ2n) is 4.27. The van der Waals surface area contributed by atoms with Crippen LogP contribution in [-0.2, 0) is 6.42 Å². The van der Waals surface area contributed by atoms with Gasteiger partial charge >= 0.3 is 0 Å². The van der Waals surface area contributed by atoms with E-state index in [0.717, 1.165) is 11.3 Å². The highest BCUT2D eigenvalue weighted by Gasteiger charge is 2.03. The molecule has 1 aromatic heterocycles. The van der Waals surface area contributed by atoms with Gasteiger partial charge in [-0.05, 0) is 43.2 Å². The smallest absolute Gasteiger partial charge is 0.144 e. The SMILES string of the molecule is Cc1ccc(C#N)c(NCCc2cccc(F)c2)n1. The predicted molar refractivity (Wildman–Crippen MR) is 72.3 cm³/mol. The van der Waals surface area contributed by atoms with Crippen LogP contribution < -0.4 is 5.32 Å². The van der Waals surface area contributed by atoms with Crippen molar-refractivity contribution in [1.82, 2.24) is 4.98 Å². The molecule has 3 nitrogen and oxygen atoms in total. The summed E-state index contributed by atoms with van der Waals surface area (Å²) in [5.74, 6) is 0.350. The molecule has 1 N–H and O–H groups in total. The number of hydrogen-bond donors (Lipinski definition) is 1. The van der Waals surface area contributed by atoms with E-state index in [9.17, 15) is 4.39 Å². The molecule has 0 saturated heterocycles. The summed E-state index contributed by atoms with van der Waals surface area (Å²) in [7, 11) is 0. The number of hydrogen-bond acceptors (Lipinski definition) is 3. The van der Waals surface area contributed by atoms with Crippen LogP contribution in [0.2, 0.25) is 0 Å². The van der Waals surface area contributed by atoms with Crippen LogP contribution >= 0.6 is 0 Å². The molecule has 1 aromatic carbocycles. The zero-order chi connectivity index (χ0) is 13.7. The molecule has 0 aliphatic carbocycles. The number of pyridine rings is 1. The lowest BCUT2D eigenvalue weighted by Crippen LogP contribution is -2.08. The van der Waals surface area contributed by atoms with Crippen molar-refractivity contribution in [2.45, 2.75) is 13.3 Å². The Kier molecular flexibility index (Phi) is 4.09. The van der Waals surface area contributed by atoms with Gasteiger partial charge < -0.3 is 5.32 Å². The molecule has 0 atom stereocenters. The van der Waals surface area contributed by atoms with E-state index in [1.54, 1.807) is 18.2 Å². The summed E-state index contributed by atoms with van der Waals surface area (Å²) in [5.41, 5.74) is 2.29. The maximum absolute atomic E-state index is 13.0. The topological polar surface area (TPSA) is 48.7 Å². The summed E-state index contributed by atoms with van der Waals surface area (Å²) < 4.78 is 13.0. The van der Waals surface area contributed by atoms with Crippen molar-refractivity contribution >= 4 is 5.82 Å². The number of nitrogens with one attached hydrogen (secondary N) is 1. The molecule has 19 heavy (non-hydrogen) atoms. The van der Waals surface area contributed by atoms with Crippen molar-refractivity contribution in [3.05, 3.63) is 59.0 Å². The molecular weight excluding hydrogens is 241 g/mol. The van der Waals surface area contributed by atoms with Crippen LogP contribution in [0.25, 0.3) is 0 Å². The number of anilines is 1. The molecule has 0 aliphatic rings. The molecule has 2 aromatic rings. The fourth-order valence-electron chi connectivity index (χ4n) is 1.80. The maximum Gasteiger partial charge on any atom is 0.144 e. The normalized spacial score (nSPS) is 9.95. The Balaban J connectivity index is 2.00. The number of rotatable bonds is 4. The lowest BCUT2D eigenvalue weighted by atomic mass is 10.1. The lowest BCUT2D eigenvalue weighted by Gasteiger charge is -2.08. The maximum atomic E-state index is 13.0. The molecule has 0 fully saturated rings. The monoisotopic (exact) mass is 255 g/mol. The molecule has 0 aliphatic heterocycles. The Hall–Kier alpha value is -2.41. The van der Waals surface area contributed by atoms with Crippen LogP contribution in [0.5, 0.6) is 0 Å². The van der Waals surface area contributed by atoms with Crippen LogP contribution in [0, 0.1) is 24.1 Å². The van der Waals surface area contributed by atoms with E-state index in [-0.39, 0.29) is 5.82 Å². The second kappa shape index (κ2) is 5.96. The Morgan fingerprint density at radius 3 is 2.89 bits per heavy atom. The minimum Gasteiger partial charge on any atom is -0.369 e. The molecule has 96 valence electrons. The van der Waals surface area contributed by atoms with Gasteiger partial charge in [-0.15, -0.1) is 0 Å². The Morgan fingerprint density at radius 1 is 1.32 bits per heavy atom. The van der Waals surface area contributed by atoms with Crippen molar-refractivity contribution in [1.29, 1.82) is 5.26 Å². The molecule has 0 bridgehead atoms. The van der Waals surface area contributed by atoms with E-state index in [1.807, 2.05) is 13.0 Å². The first-order valence-electron chi connectivity index (χ1n) is 6.05. The minimum absolute atomic E-state index is 0.233. The minimum atomic E-state index is -0.233. The number of halogens is 1. The van der Waals surface area contributed by atoms with Crippen LogP contribution in [0.1, 0.15) is 16.8 Å². The lowest BCUT2D eigenvalue weighted by molar-refractivity contribution is 0.625. The van der Waals surface area contributed by atoms with Crippen LogP contribution in [0.15, 0.2) is 36.4 Å². The van der Waals surface area contributed by atoms with Gasteiger partial charge in [-0.2, -0.15) is 5.26 Å². The van der Waals surface area contributed by atoms with E-state index in [2.05, 4.69) is 16.4 Å². The van der Waals surface area contributed by atoms with E-state index in [0.29, 0.717) is 24.3 Å². The van der Waals surface area contributed by atoms with Gasteiger partial charge in [-0.1, -0.05) is 12.1 Å². The average Bonchev–Trinajstić information content (AvgIpc) is 2.39. The fraction of sp³-hybridized carbons (Fsp3) is 0.200. The third-order valence-corrected chi connectivity index (χ3v) is 2.75. The summed E-state index contributed by atoms with van der Waals surface area (Å²) in [6, 6.07) is 12.1. The van der Waals surface area contributed by atoms with Crippen molar-refractivity contribution < 1.29 is 4.39 Å². The van der Waals surface area contributed by atoms with Crippen molar-refractivity contribution in [2.75, 3.05) is 11.9 Å². The first-order chi connectivity index (χ1) is 9.19. The number of nitriles is 1. The van der Waals surface area contributed by atoms with Gasteiger partial charge in [-0.25, -0.2) is 9.37 Å². The summed E-state index contributed by atoms with van der Waals surface area (Å²) in [4.78, 5) is 4.29. The van der Waals surface area contributed by atoms with Gasteiger partial charge in [0.1, 0.15) is 17.7 Å². The quantitative estimate of drug-likeness (QED) is 0.913. The van der Waals surface area contributed by atoms with Crippen LogP contribution in [0.3, 0.4) is 0 Å². The Labute approximate surface area is 111 Å². The van der Waals surface area contributed by atoms with Gasteiger partial charge in [0.05, 0.1) is 5.56 Å². The average molecular weight is 255 g/mol. The molecule has 1 heterocycles. The number of aryl methyl sites for hydroxylation is 1. The molecule has 0 radical (unpaired) electrons. The molecular formula is C15H14FN3. The fourth-order valence-corrected chi connectivity index (χ4v) is 1.80. The van der Waals surface area contributed by atoms with Crippen molar-refractivity contribution in [3.8, 4) is 6.07 Å². The summed E-state index contributed by atoms with van der Waals surface area (Å²) in [6.45, 7) is 2.48. The zero-order valence-electron chi connectivity index (χ0n) is 10.7. The third kappa shape index (κ3) is 3.52. The second-order valence-corrected chi connectivity index (χ2v) is 4.27. The predicted octanol–water partition coefficient (Wildman–Crippen LogP) is 3.06. The summed E-state index contributed by atoms with van der Waals surface area (Å²) in [5, 5.41) is 12.1. The Morgan fingerprint density at radius 2 is 2.16 bits per heavy atom. The Bertz CT molecular complexity index is 617. The standard InChI is InChI=1S/C15H14FN3/c1-11-5-6-13(10-17)15(19-11)18-8-7-12-3-2-4-14(16)9-12/h2-6,9H,7-8H2,1H3,(H,18,19). The van der Waals surface area contributed by atoms with E-state index >= 15 is 0 Å². The highest BCUT2D eigenvalue weighted by atomic mass is 19.1.